The highest BCUT2D eigenvalue weighted by molar-refractivity contribution is 5.54. The standard InChI is InChI=1S/C21H26N2O3/c1-16-5-3-4-6-18(16)14-23-9-7-22(8-10-23)13-17-11-19(24-2)21-20(12-17)25-15-26-21/h3-6,11-12H,7-10,13-15H2,1-2H3/p+2. The number of hydrogen-bond donors (Lipinski definition) is 2. The number of nitrogens with one attached hydrogen (secondary N) is 2. The summed E-state index contributed by atoms with van der Waals surface area (Å²) in [5.74, 6) is 2.32. The Morgan fingerprint density at radius 2 is 1.69 bits per heavy atom. The van der Waals surface area contributed by atoms with Crippen LogP contribution in [0.2, 0.25) is 0 Å². The highest BCUT2D eigenvalue weighted by Gasteiger charge is 2.26. The molecule has 0 aliphatic carbocycles. The van der Waals surface area contributed by atoms with E-state index < -0.39 is 0 Å². The Morgan fingerprint density at radius 3 is 2.42 bits per heavy atom. The SMILES string of the molecule is COc1cc(C[NH+]2CC[NH+](Cc3ccccc3C)CC2)cc2c1OCO2. The minimum atomic E-state index is 0.281. The maximum Gasteiger partial charge on any atom is 0.231 e. The summed E-state index contributed by atoms with van der Waals surface area (Å²) in [5.41, 5.74) is 4.14. The molecule has 2 aliphatic rings. The third kappa shape index (κ3) is 3.64. The third-order valence-electron chi connectivity index (χ3n) is 5.54. The molecule has 0 radical (unpaired) electrons. The first-order valence-corrected chi connectivity index (χ1v) is 9.41. The largest absolute Gasteiger partial charge is 0.493 e. The number of aryl methyl sites for hydroxylation is 1. The minimum Gasteiger partial charge on any atom is -0.493 e. The Morgan fingerprint density at radius 1 is 0.962 bits per heavy atom. The zero-order chi connectivity index (χ0) is 17.9. The van der Waals surface area contributed by atoms with Crippen LogP contribution < -0.4 is 24.0 Å². The molecular formula is C21H28N2O3+2. The van der Waals surface area contributed by atoms with Crippen molar-refractivity contribution in [2.45, 2.75) is 20.0 Å². The van der Waals surface area contributed by atoms with Gasteiger partial charge in [-0.3, -0.25) is 0 Å². The topological polar surface area (TPSA) is 36.6 Å². The zero-order valence-electron chi connectivity index (χ0n) is 15.6. The van der Waals surface area contributed by atoms with E-state index in [4.69, 9.17) is 14.2 Å². The van der Waals surface area contributed by atoms with Crippen molar-refractivity contribution in [1.82, 2.24) is 0 Å². The van der Waals surface area contributed by atoms with Crippen molar-refractivity contribution in [1.29, 1.82) is 0 Å². The normalized spacial score (nSPS) is 21.6. The molecule has 26 heavy (non-hydrogen) atoms. The number of ether oxygens (including phenoxy) is 3. The predicted octanol–water partition coefficient (Wildman–Crippen LogP) is 0.216. The molecule has 0 atom stereocenters. The van der Waals surface area contributed by atoms with Crippen molar-refractivity contribution in [3.8, 4) is 17.2 Å². The van der Waals surface area contributed by atoms with Gasteiger partial charge in [-0.2, -0.15) is 0 Å². The lowest BCUT2D eigenvalue weighted by Crippen LogP contribution is -3.27. The molecule has 1 saturated heterocycles. The van der Waals surface area contributed by atoms with Crippen LogP contribution in [0.4, 0.5) is 0 Å². The van der Waals surface area contributed by atoms with Crippen LogP contribution in [-0.2, 0) is 13.1 Å². The minimum absolute atomic E-state index is 0.281. The summed E-state index contributed by atoms with van der Waals surface area (Å²) in [5, 5.41) is 0. The molecule has 0 saturated carbocycles. The van der Waals surface area contributed by atoms with Gasteiger partial charge in [0.15, 0.2) is 11.5 Å². The van der Waals surface area contributed by atoms with Gasteiger partial charge in [-0.25, -0.2) is 0 Å². The van der Waals surface area contributed by atoms with E-state index in [1.807, 2.05) is 0 Å². The van der Waals surface area contributed by atoms with Crippen molar-refractivity contribution >= 4 is 0 Å². The van der Waals surface area contributed by atoms with Crippen molar-refractivity contribution in [2.75, 3.05) is 40.1 Å². The first kappa shape index (κ1) is 17.2. The molecule has 4 rings (SSSR count). The fourth-order valence-electron chi connectivity index (χ4n) is 3.96. The Hall–Kier alpha value is -2.24. The van der Waals surface area contributed by atoms with E-state index in [2.05, 4.69) is 43.3 Å². The van der Waals surface area contributed by atoms with E-state index in [0.717, 1.165) is 30.3 Å². The maximum atomic E-state index is 5.55. The molecule has 0 aromatic heterocycles. The van der Waals surface area contributed by atoms with Crippen LogP contribution in [0.15, 0.2) is 36.4 Å². The smallest absolute Gasteiger partial charge is 0.231 e. The zero-order valence-corrected chi connectivity index (χ0v) is 15.6. The van der Waals surface area contributed by atoms with Gasteiger partial charge in [0.2, 0.25) is 12.5 Å². The molecule has 1 fully saturated rings. The van der Waals surface area contributed by atoms with Crippen LogP contribution in [0.1, 0.15) is 16.7 Å². The van der Waals surface area contributed by atoms with E-state index in [1.54, 1.807) is 16.9 Å². The molecule has 2 N–H and O–H groups in total. The van der Waals surface area contributed by atoms with Crippen LogP contribution >= 0.6 is 0 Å². The van der Waals surface area contributed by atoms with Gasteiger partial charge in [-0.1, -0.05) is 24.3 Å². The Kier molecular flexibility index (Phi) is 5.00. The summed E-state index contributed by atoms with van der Waals surface area (Å²) in [4.78, 5) is 3.31. The van der Waals surface area contributed by atoms with Gasteiger partial charge in [0.25, 0.3) is 0 Å². The fourth-order valence-corrected chi connectivity index (χ4v) is 3.96. The Bertz CT molecular complexity index is 770. The van der Waals surface area contributed by atoms with Crippen molar-refractivity contribution < 1.29 is 24.0 Å². The molecule has 0 spiro atoms. The Balaban J connectivity index is 1.35. The molecule has 2 aromatic rings. The second kappa shape index (κ2) is 7.56. The number of hydrogen-bond acceptors (Lipinski definition) is 3. The molecule has 5 nitrogen and oxygen atoms in total. The summed E-state index contributed by atoms with van der Waals surface area (Å²) in [6, 6.07) is 12.9. The van der Waals surface area contributed by atoms with Crippen LogP contribution in [0.3, 0.4) is 0 Å². The number of methoxy groups -OCH3 is 1. The molecule has 0 amide bonds. The number of benzene rings is 2. The van der Waals surface area contributed by atoms with Crippen LogP contribution in [0.5, 0.6) is 17.2 Å². The Labute approximate surface area is 155 Å². The molecule has 2 aliphatic heterocycles. The predicted molar refractivity (Wildman–Crippen MR) is 99.1 cm³/mol. The lowest BCUT2D eigenvalue weighted by molar-refractivity contribution is -1.02. The molecule has 2 aromatic carbocycles. The number of rotatable bonds is 5. The third-order valence-corrected chi connectivity index (χ3v) is 5.54. The van der Waals surface area contributed by atoms with Crippen LogP contribution in [-0.4, -0.2) is 40.1 Å². The molecule has 0 bridgehead atoms. The van der Waals surface area contributed by atoms with E-state index in [-0.39, 0.29) is 6.79 Å². The fraction of sp³-hybridized carbons (Fsp3) is 0.429. The van der Waals surface area contributed by atoms with Crippen LogP contribution in [0, 0.1) is 6.92 Å². The molecular weight excluding hydrogens is 328 g/mol. The lowest BCUT2D eigenvalue weighted by Gasteiger charge is -2.30. The highest BCUT2D eigenvalue weighted by Crippen LogP contribution is 2.41. The second-order valence-corrected chi connectivity index (χ2v) is 7.31. The maximum absolute atomic E-state index is 5.55. The average Bonchev–Trinajstić information content (AvgIpc) is 3.13. The average molecular weight is 356 g/mol. The van der Waals surface area contributed by atoms with Crippen molar-refractivity contribution in [2.24, 2.45) is 0 Å². The number of fused-ring (bicyclic) bond motifs is 1. The highest BCUT2D eigenvalue weighted by atomic mass is 16.7. The summed E-state index contributed by atoms with van der Waals surface area (Å²) in [7, 11) is 1.68. The van der Waals surface area contributed by atoms with Crippen LogP contribution in [0.25, 0.3) is 0 Å². The quantitative estimate of drug-likeness (QED) is 0.805. The second-order valence-electron chi connectivity index (χ2n) is 7.31. The lowest BCUT2D eigenvalue weighted by atomic mass is 10.1. The number of quaternary nitrogens is 2. The van der Waals surface area contributed by atoms with Gasteiger partial charge in [0.05, 0.1) is 7.11 Å². The van der Waals surface area contributed by atoms with E-state index in [0.29, 0.717) is 0 Å². The van der Waals surface area contributed by atoms with Gasteiger partial charge in [0, 0.05) is 11.1 Å². The summed E-state index contributed by atoms with van der Waals surface area (Å²) in [6.45, 7) is 9.45. The van der Waals surface area contributed by atoms with Crippen molar-refractivity contribution in [3.63, 3.8) is 0 Å². The van der Waals surface area contributed by atoms with E-state index >= 15 is 0 Å². The van der Waals surface area contributed by atoms with E-state index in [9.17, 15) is 0 Å². The van der Waals surface area contributed by atoms with Gasteiger partial charge >= 0.3 is 0 Å². The monoisotopic (exact) mass is 356 g/mol. The summed E-state index contributed by atoms with van der Waals surface area (Å²) >= 11 is 0. The molecule has 5 heteroatoms. The molecule has 2 heterocycles. The van der Waals surface area contributed by atoms with Gasteiger partial charge < -0.3 is 24.0 Å². The first-order valence-electron chi connectivity index (χ1n) is 9.41. The number of piperazine rings is 1. The summed E-state index contributed by atoms with van der Waals surface area (Å²) in [6.07, 6.45) is 0. The van der Waals surface area contributed by atoms with E-state index in [1.165, 1.54) is 42.9 Å². The summed E-state index contributed by atoms with van der Waals surface area (Å²) < 4.78 is 16.5. The first-order chi connectivity index (χ1) is 12.7. The molecule has 138 valence electrons. The van der Waals surface area contributed by atoms with Gasteiger partial charge in [-0.05, 0) is 24.6 Å². The van der Waals surface area contributed by atoms with Gasteiger partial charge in [0.1, 0.15) is 39.3 Å². The van der Waals surface area contributed by atoms with Crippen molar-refractivity contribution in [3.05, 3.63) is 53.1 Å². The molecule has 0 unspecified atom stereocenters. The van der Waals surface area contributed by atoms with Gasteiger partial charge in [-0.15, -0.1) is 0 Å².